The molecule has 3 N–H and O–H groups in total. The maximum Gasteiger partial charge on any atom is 0.333 e. The van der Waals surface area contributed by atoms with Gasteiger partial charge >= 0.3 is 5.69 Å². The van der Waals surface area contributed by atoms with Crippen LogP contribution in [0.3, 0.4) is 0 Å². The van der Waals surface area contributed by atoms with Crippen molar-refractivity contribution in [2.45, 2.75) is 31.1 Å². The van der Waals surface area contributed by atoms with Crippen LogP contribution < -0.4 is 11.2 Å². The Labute approximate surface area is 136 Å². The zero-order valence-corrected chi connectivity index (χ0v) is 12.7. The van der Waals surface area contributed by atoms with E-state index in [-0.39, 0.29) is 6.54 Å². The lowest BCUT2D eigenvalue weighted by molar-refractivity contribution is -0.0555. The van der Waals surface area contributed by atoms with E-state index in [2.05, 4.69) is 0 Å². The van der Waals surface area contributed by atoms with E-state index >= 15 is 0 Å². The lowest BCUT2D eigenvalue weighted by Crippen LogP contribution is -2.43. The van der Waals surface area contributed by atoms with E-state index < -0.39 is 42.4 Å². The molecule has 0 bridgehead atoms. The second-order valence-corrected chi connectivity index (χ2v) is 5.64. The highest BCUT2D eigenvalue weighted by Gasteiger charge is 2.43. The van der Waals surface area contributed by atoms with Crippen molar-refractivity contribution in [1.29, 1.82) is 0 Å². The van der Waals surface area contributed by atoms with Crippen LogP contribution in [0, 0.1) is 0 Å². The molecule has 128 valence electrons. The number of aliphatic hydroxyl groups is 3. The minimum absolute atomic E-state index is 0.0775. The van der Waals surface area contributed by atoms with Crippen molar-refractivity contribution in [3.8, 4) is 0 Å². The van der Waals surface area contributed by atoms with Crippen molar-refractivity contribution >= 4 is 0 Å². The van der Waals surface area contributed by atoms with Gasteiger partial charge in [-0.3, -0.25) is 13.9 Å². The van der Waals surface area contributed by atoms with Gasteiger partial charge in [0.1, 0.15) is 18.3 Å². The molecule has 4 atom stereocenters. The lowest BCUT2D eigenvalue weighted by Gasteiger charge is -2.18. The van der Waals surface area contributed by atoms with Crippen molar-refractivity contribution in [2.24, 2.45) is 0 Å². The van der Waals surface area contributed by atoms with Crippen LogP contribution in [0.15, 0.2) is 52.2 Å². The molecule has 0 radical (unpaired) electrons. The molecule has 1 aliphatic heterocycles. The van der Waals surface area contributed by atoms with E-state index in [1.807, 2.05) is 6.07 Å². The van der Waals surface area contributed by atoms with Gasteiger partial charge in [0.05, 0.1) is 13.2 Å². The van der Waals surface area contributed by atoms with Crippen molar-refractivity contribution in [1.82, 2.24) is 9.13 Å². The number of ether oxygens (including phenoxy) is 1. The van der Waals surface area contributed by atoms with Crippen molar-refractivity contribution in [3.63, 3.8) is 0 Å². The van der Waals surface area contributed by atoms with Crippen LogP contribution >= 0.6 is 0 Å². The van der Waals surface area contributed by atoms with Gasteiger partial charge in [-0.15, -0.1) is 0 Å². The Hall–Kier alpha value is -2.26. The molecule has 0 saturated carbocycles. The van der Waals surface area contributed by atoms with E-state index in [1.165, 1.54) is 12.3 Å². The quantitative estimate of drug-likeness (QED) is 0.638. The highest BCUT2D eigenvalue weighted by atomic mass is 16.6. The predicted octanol–water partition coefficient (Wildman–Crippen LogP) is -1.33. The van der Waals surface area contributed by atoms with Gasteiger partial charge in [-0.05, 0) is 5.56 Å². The molecule has 3 rings (SSSR count). The van der Waals surface area contributed by atoms with E-state index in [0.29, 0.717) is 0 Å². The number of rotatable bonds is 4. The van der Waals surface area contributed by atoms with E-state index in [9.17, 15) is 19.8 Å². The van der Waals surface area contributed by atoms with Crippen LogP contribution in [0.1, 0.15) is 11.8 Å². The Morgan fingerprint density at radius 1 is 1.04 bits per heavy atom. The number of hydrogen-bond acceptors (Lipinski definition) is 6. The van der Waals surface area contributed by atoms with Gasteiger partial charge in [-0.25, -0.2) is 4.79 Å². The van der Waals surface area contributed by atoms with E-state index in [0.717, 1.165) is 14.7 Å². The standard InChI is InChI=1S/C16H18N2O6/c19-9-11-13(21)14(22)15(24-11)17-7-6-12(20)18(16(17)23)8-10-4-2-1-3-5-10/h1-7,11,13-15,19,21-22H,8-9H2/t11-,13-,14-,15-/m0/s1. The third kappa shape index (κ3) is 2.92. The van der Waals surface area contributed by atoms with Crippen LogP contribution in [-0.2, 0) is 11.3 Å². The van der Waals surface area contributed by atoms with Crippen molar-refractivity contribution in [3.05, 3.63) is 69.0 Å². The summed E-state index contributed by atoms with van der Waals surface area (Å²) in [4.78, 5) is 24.7. The maximum absolute atomic E-state index is 12.6. The molecule has 1 aromatic carbocycles. The molecule has 0 amide bonds. The number of benzene rings is 1. The highest BCUT2D eigenvalue weighted by Crippen LogP contribution is 2.27. The average Bonchev–Trinajstić information content (AvgIpc) is 2.88. The summed E-state index contributed by atoms with van der Waals surface area (Å²) in [6, 6.07) is 10.2. The third-order valence-electron chi connectivity index (χ3n) is 4.07. The molecular weight excluding hydrogens is 316 g/mol. The summed E-state index contributed by atoms with van der Waals surface area (Å²) in [6.45, 7) is -0.415. The molecule has 0 unspecified atom stereocenters. The van der Waals surface area contributed by atoms with Gasteiger partial charge in [0, 0.05) is 12.3 Å². The summed E-state index contributed by atoms with van der Waals surface area (Å²) in [5.74, 6) is 0. The first-order valence-electron chi connectivity index (χ1n) is 7.51. The first-order chi connectivity index (χ1) is 11.5. The van der Waals surface area contributed by atoms with Gasteiger partial charge in [0.2, 0.25) is 0 Å². The fraction of sp³-hybridized carbons (Fsp3) is 0.375. The van der Waals surface area contributed by atoms with Gasteiger partial charge in [0.25, 0.3) is 5.56 Å². The molecule has 8 heteroatoms. The number of nitrogens with zero attached hydrogens (tertiary/aromatic N) is 2. The monoisotopic (exact) mass is 334 g/mol. The molecule has 0 spiro atoms. The largest absolute Gasteiger partial charge is 0.394 e. The van der Waals surface area contributed by atoms with E-state index in [1.54, 1.807) is 24.3 Å². The highest BCUT2D eigenvalue weighted by molar-refractivity contribution is 5.15. The normalized spacial score (nSPS) is 26.6. The van der Waals surface area contributed by atoms with Crippen LogP contribution in [0.25, 0.3) is 0 Å². The molecule has 1 saturated heterocycles. The van der Waals surface area contributed by atoms with Crippen LogP contribution in [0.4, 0.5) is 0 Å². The average molecular weight is 334 g/mol. The Balaban J connectivity index is 1.98. The first-order valence-corrected chi connectivity index (χ1v) is 7.51. The van der Waals surface area contributed by atoms with Crippen molar-refractivity contribution < 1.29 is 20.1 Å². The summed E-state index contributed by atoms with van der Waals surface area (Å²) in [5.41, 5.74) is -0.372. The number of hydrogen-bond donors (Lipinski definition) is 3. The van der Waals surface area contributed by atoms with Gasteiger partial charge in [-0.1, -0.05) is 30.3 Å². The predicted molar refractivity (Wildman–Crippen MR) is 83.5 cm³/mol. The summed E-state index contributed by atoms with van der Waals surface area (Å²) in [5, 5.41) is 29.0. The zero-order valence-electron chi connectivity index (χ0n) is 12.7. The molecule has 24 heavy (non-hydrogen) atoms. The smallest absolute Gasteiger partial charge is 0.333 e. The third-order valence-corrected chi connectivity index (χ3v) is 4.07. The summed E-state index contributed by atoms with van der Waals surface area (Å²) in [7, 11) is 0. The second-order valence-electron chi connectivity index (χ2n) is 5.64. The number of aromatic nitrogens is 2. The molecule has 1 aromatic heterocycles. The topological polar surface area (TPSA) is 114 Å². The Morgan fingerprint density at radius 2 is 1.75 bits per heavy atom. The van der Waals surface area contributed by atoms with E-state index in [4.69, 9.17) is 9.84 Å². The molecule has 1 aliphatic rings. The van der Waals surface area contributed by atoms with Crippen molar-refractivity contribution in [2.75, 3.05) is 6.61 Å². The SMILES string of the molecule is O=c1ccn([C@H]2O[C@@H](CO)[C@H](O)[C@@H]2O)c(=O)n1Cc1ccccc1. The minimum atomic E-state index is -1.39. The lowest BCUT2D eigenvalue weighted by atomic mass is 10.1. The zero-order chi connectivity index (χ0) is 17.3. The fourth-order valence-electron chi connectivity index (χ4n) is 2.75. The number of aliphatic hydroxyl groups excluding tert-OH is 3. The Morgan fingerprint density at radius 3 is 2.38 bits per heavy atom. The van der Waals surface area contributed by atoms with Crippen LogP contribution in [-0.4, -0.2) is 49.4 Å². The molecule has 8 nitrogen and oxygen atoms in total. The molecule has 1 fully saturated rings. The summed E-state index contributed by atoms with van der Waals surface area (Å²) in [6.07, 6.45) is -3.66. The fourth-order valence-corrected chi connectivity index (χ4v) is 2.75. The minimum Gasteiger partial charge on any atom is -0.394 e. The Kier molecular flexibility index (Phi) is 4.63. The summed E-state index contributed by atoms with van der Waals surface area (Å²) < 4.78 is 7.41. The van der Waals surface area contributed by atoms with Crippen LogP contribution in [0.2, 0.25) is 0 Å². The maximum atomic E-state index is 12.6. The molecule has 2 heterocycles. The molecule has 0 aliphatic carbocycles. The summed E-state index contributed by atoms with van der Waals surface area (Å²) >= 11 is 0. The molecular formula is C16H18N2O6. The second kappa shape index (κ2) is 6.70. The molecule has 2 aromatic rings. The Bertz CT molecular complexity index is 815. The van der Waals surface area contributed by atoms with Gasteiger partial charge in [0.15, 0.2) is 6.23 Å². The first kappa shape index (κ1) is 16.6. The van der Waals surface area contributed by atoms with Crippen LogP contribution in [0.5, 0.6) is 0 Å². The van der Waals surface area contributed by atoms with Gasteiger partial charge in [-0.2, -0.15) is 0 Å². The van der Waals surface area contributed by atoms with Gasteiger partial charge < -0.3 is 20.1 Å².